The zero-order chi connectivity index (χ0) is 14.4. The summed E-state index contributed by atoms with van der Waals surface area (Å²) in [5, 5.41) is 2.08. The lowest BCUT2D eigenvalue weighted by molar-refractivity contribution is -0.367. The molecule has 0 aromatic heterocycles. The number of rotatable bonds is 2. The smallest absolute Gasteiger partial charge is 0.182 e. The van der Waals surface area contributed by atoms with Crippen molar-refractivity contribution in [2.45, 2.75) is 51.5 Å². The Bertz CT molecular complexity index is 457. The van der Waals surface area contributed by atoms with Gasteiger partial charge in [-0.25, -0.2) is 0 Å². The molecule has 20 heavy (non-hydrogen) atoms. The van der Waals surface area contributed by atoms with Crippen LogP contribution in [0.5, 0.6) is 0 Å². The van der Waals surface area contributed by atoms with Crippen molar-refractivity contribution in [3.63, 3.8) is 0 Å². The molecule has 110 valence electrons. The van der Waals surface area contributed by atoms with Gasteiger partial charge in [0.15, 0.2) is 6.29 Å². The zero-order valence-electron chi connectivity index (χ0n) is 12.7. The van der Waals surface area contributed by atoms with E-state index in [4.69, 9.17) is 14.3 Å². The van der Waals surface area contributed by atoms with Crippen LogP contribution in [0.2, 0.25) is 0 Å². The Morgan fingerprint density at radius 1 is 1.10 bits per heavy atom. The molecule has 0 N–H and O–H groups in total. The van der Waals surface area contributed by atoms with Gasteiger partial charge in [-0.15, -0.1) is 0 Å². The molecule has 4 heteroatoms. The van der Waals surface area contributed by atoms with Crippen LogP contribution in [0.1, 0.15) is 45.2 Å². The molecule has 2 aliphatic heterocycles. The van der Waals surface area contributed by atoms with Crippen LogP contribution in [0.25, 0.3) is 0 Å². The summed E-state index contributed by atoms with van der Waals surface area (Å²) in [5.74, 6) is 0. The molecule has 2 aliphatic rings. The molecule has 4 nitrogen and oxygen atoms in total. The Hall–Kier alpha value is -0.940. The van der Waals surface area contributed by atoms with Crippen molar-refractivity contribution in [2.75, 3.05) is 13.4 Å². The highest BCUT2D eigenvalue weighted by molar-refractivity contribution is 5.42. The minimum atomic E-state index is -0.225. The minimum Gasteiger partial charge on any atom is -0.355 e. The van der Waals surface area contributed by atoms with Crippen LogP contribution in [0.4, 0.5) is 0 Å². The Morgan fingerprint density at radius 2 is 1.70 bits per heavy atom. The van der Waals surface area contributed by atoms with Gasteiger partial charge >= 0.3 is 0 Å². The Morgan fingerprint density at radius 3 is 2.20 bits per heavy atom. The van der Waals surface area contributed by atoms with Crippen LogP contribution < -0.4 is 0 Å². The van der Waals surface area contributed by atoms with Gasteiger partial charge in [-0.1, -0.05) is 24.3 Å². The van der Waals surface area contributed by atoms with E-state index >= 15 is 0 Å². The molecule has 3 rings (SSSR count). The first kappa shape index (κ1) is 14.0. The zero-order valence-corrected chi connectivity index (χ0v) is 12.7. The molecule has 1 saturated heterocycles. The standard InChI is InChI=1S/C16H23NO3/c1-15(2)12-7-5-6-8-13(12)16(3,4)17(15)20-14-9-10-18-11-19-14/h5-8,14H,9-11H2,1-4H3. The highest BCUT2D eigenvalue weighted by atomic mass is 16.8. The third-order valence-corrected chi connectivity index (χ3v) is 4.32. The summed E-state index contributed by atoms with van der Waals surface area (Å²) < 4.78 is 10.7. The largest absolute Gasteiger partial charge is 0.355 e. The van der Waals surface area contributed by atoms with Crippen molar-refractivity contribution in [1.82, 2.24) is 5.06 Å². The summed E-state index contributed by atoms with van der Waals surface area (Å²) in [6, 6.07) is 8.55. The predicted molar refractivity (Wildman–Crippen MR) is 75.7 cm³/mol. The first-order chi connectivity index (χ1) is 9.44. The Labute approximate surface area is 120 Å². The Kier molecular flexibility index (Phi) is 3.37. The lowest BCUT2D eigenvalue weighted by atomic mass is 9.91. The highest BCUT2D eigenvalue weighted by Gasteiger charge is 2.51. The number of fused-ring (bicyclic) bond motifs is 1. The van der Waals surface area contributed by atoms with Crippen molar-refractivity contribution in [3.05, 3.63) is 35.4 Å². The number of hydrogen-bond acceptors (Lipinski definition) is 4. The summed E-state index contributed by atoms with van der Waals surface area (Å²) in [4.78, 5) is 6.20. The van der Waals surface area contributed by atoms with E-state index in [-0.39, 0.29) is 17.4 Å². The number of nitrogens with zero attached hydrogens (tertiary/aromatic N) is 1. The first-order valence-electron chi connectivity index (χ1n) is 7.20. The summed E-state index contributed by atoms with van der Waals surface area (Å²) in [5.41, 5.74) is 2.28. The van der Waals surface area contributed by atoms with E-state index in [2.05, 4.69) is 57.0 Å². The monoisotopic (exact) mass is 277 g/mol. The third-order valence-electron chi connectivity index (χ3n) is 4.32. The second-order valence-electron chi connectivity index (χ2n) is 6.47. The van der Waals surface area contributed by atoms with Crippen molar-refractivity contribution < 1.29 is 14.3 Å². The number of hydroxylamine groups is 2. The fraction of sp³-hybridized carbons (Fsp3) is 0.625. The molecule has 0 spiro atoms. The molecule has 2 heterocycles. The van der Waals surface area contributed by atoms with Gasteiger partial charge in [0.1, 0.15) is 6.79 Å². The lowest BCUT2D eigenvalue weighted by Gasteiger charge is -2.42. The molecule has 0 amide bonds. The maximum absolute atomic E-state index is 6.20. The summed E-state index contributed by atoms with van der Waals surface area (Å²) >= 11 is 0. The van der Waals surface area contributed by atoms with E-state index < -0.39 is 0 Å². The number of hydrogen-bond donors (Lipinski definition) is 0. The van der Waals surface area contributed by atoms with E-state index in [0.29, 0.717) is 13.4 Å². The quantitative estimate of drug-likeness (QED) is 0.831. The van der Waals surface area contributed by atoms with Crippen LogP contribution in [-0.4, -0.2) is 24.8 Å². The lowest BCUT2D eigenvalue weighted by Crippen LogP contribution is -2.48. The normalized spacial score (nSPS) is 28.3. The summed E-state index contributed by atoms with van der Waals surface area (Å²) in [6.45, 7) is 9.78. The minimum absolute atomic E-state index is 0.179. The SMILES string of the molecule is CC1(C)c2ccccc2C(C)(C)N1OC1CCOCO1. The second-order valence-corrected chi connectivity index (χ2v) is 6.47. The molecular formula is C16H23NO3. The average Bonchev–Trinajstić information content (AvgIpc) is 2.59. The molecule has 1 aromatic carbocycles. The second kappa shape index (κ2) is 4.81. The maximum atomic E-state index is 6.20. The van der Waals surface area contributed by atoms with Crippen molar-refractivity contribution in [1.29, 1.82) is 0 Å². The third kappa shape index (κ3) is 2.07. The van der Waals surface area contributed by atoms with Gasteiger partial charge in [0.25, 0.3) is 0 Å². The fourth-order valence-corrected chi connectivity index (χ4v) is 3.38. The van der Waals surface area contributed by atoms with E-state index in [0.717, 1.165) is 6.42 Å². The van der Waals surface area contributed by atoms with Gasteiger partial charge in [0.2, 0.25) is 0 Å². The molecule has 1 atom stereocenters. The summed E-state index contributed by atoms with van der Waals surface area (Å²) in [6.07, 6.45) is 0.538. The highest BCUT2D eigenvalue weighted by Crippen LogP contribution is 2.49. The van der Waals surface area contributed by atoms with E-state index in [1.54, 1.807) is 0 Å². The molecule has 1 fully saturated rings. The Balaban J connectivity index is 1.91. The maximum Gasteiger partial charge on any atom is 0.182 e. The van der Waals surface area contributed by atoms with Crippen LogP contribution in [-0.2, 0) is 25.4 Å². The fourth-order valence-electron chi connectivity index (χ4n) is 3.38. The van der Waals surface area contributed by atoms with Gasteiger partial charge in [-0.05, 0) is 38.8 Å². The van der Waals surface area contributed by atoms with E-state index in [9.17, 15) is 0 Å². The predicted octanol–water partition coefficient (Wildman–Crippen LogP) is 3.12. The van der Waals surface area contributed by atoms with E-state index in [1.165, 1.54) is 11.1 Å². The molecule has 0 radical (unpaired) electrons. The van der Waals surface area contributed by atoms with Crippen molar-refractivity contribution in [2.24, 2.45) is 0 Å². The van der Waals surface area contributed by atoms with Gasteiger partial charge in [0.05, 0.1) is 17.7 Å². The van der Waals surface area contributed by atoms with E-state index in [1.807, 2.05) is 0 Å². The van der Waals surface area contributed by atoms with Gasteiger partial charge < -0.3 is 9.47 Å². The van der Waals surface area contributed by atoms with Crippen LogP contribution in [0.15, 0.2) is 24.3 Å². The first-order valence-corrected chi connectivity index (χ1v) is 7.20. The number of benzene rings is 1. The molecule has 1 aromatic rings. The average molecular weight is 277 g/mol. The van der Waals surface area contributed by atoms with Crippen LogP contribution >= 0.6 is 0 Å². The van der Waals surface area contributed by atoms with Crippen molar-refractivity contribution >= 4 is 0 Å². The van der Waals surface area contributed by atoms with Crippen molar-refractivity contribution in [3.8, 4) is 0 Å². The van der Waals surface area contributed by atoms with Crippen LogP contribution in [0, 0.1) is 0 Å². The number of ether oxygens (including phenoxy) is 2. The molecule has 1 unspecified atom stereocenters. The molecular weight excluding hydrogens is 254 g/mol. The topological polar surface area (TPSA) is 30.9 Å². The molecule has 0 bridgehead atoms. The van der Waals surface area contributed by atoms with Gasteiger partial charge in [0, 0.05) is 6.42 Å². The van der Waals surface area contributed by atoms with Gasteiger partial charge in [-0.2, -0.15) is 5.06 Å². The molecule has 0 aliphatic carbocycles. The molecule has 0 saturated carbocycles. The summed E-state index contributed by atoms with van der Waals surface area (Å²) in [7, 11) is 0. The van der Waals surface area contributed by atoms with Crippen LogP contribution in [0.3, 0.4) is 0 Å². The van der Waals surface area contributed by atoms with Gasteiger partial charge in [-0.3, -0.25) is 4.84 Å².